The third kappa shape index (κ3) is 12.4. The van der Waals surface area contributed by atoms with Gasteiger partial charge in [-0.2, -0.15) is 0 Å². The van der Waals surface area contributed by atoms with E-state index < -0.39 is 10.4 Å². The maximum absolute atomic E-state index is 9.45. The molecule has 0 radical (unpaired) electrons. The molecule has 0 amide bonds. The second-order valence-electron chi connectivity index (χ2n) is 7.96. The molecule has 2 aromatic rings. The molecule has 0 aliphatic heterocycles. The minimum absolute atomic E-state index is 0.0914. The molecule has 0 aliphatic rings. The van der Waals surface area contributed by atoms with Crippen LogP contribution in [0.3, 0.4) is 0 Å². The van der Waals surface area contributed by atoms with Crippen LogP contribution in [0.2, 0.25) is 0 Å². The summed E-state index contributed by atoms with van der Waals surface area (Å²) in [5, 5.41) is 0. The van der Waals surface area contributed by atoms with Gasteiger partial charge in [0.1, 0.15) is 12.4 Å². The average Bonchev–Trinajstić information content (AvgIpc) is 3.18. The van der Waals surface area contributed by atoms with Gasteiger partial charge in [-0.3, -0.25) is 4.18 Å². The first-order valence-electron chi connectivity index (χ1n) is 12.2. The van der Waals surface area contributed by atoms with Crippen molar-refractivity contribution in [1.29, 1.82) is 0 Å². The van der Waals surface area contributed by atoms with E-state index in [0.717, 1.165) is 13.1 Å². The highest BCUT2D eigenvalue weighted by Gasteiger charge is 2.17. The zero-order chi connectivity index (χ0) is 23.7. The maximum atomic E-state index is 9.45. The standard InChI is InChI=1S/C23H37N2.C2H6O4S/c1-3-5-6-7-8-9-10-11-12-16-19-25-21-20-24(4-2)23(25)22-17-14-13-15-18-22;1-2-6-7(3,4)5/h13-15,17-18,20-21H,3-12,16,19H2,1-2H3;2H2,1H3,(H,3,4,5)/q+1;/p-1. The molecular formula is C25H42N2O4S. The summed E-state index contributed by atoms with van der Waals surface area (Å²) in [6.07, 6.45) is 18.4. The predicted octanol–water partition coefficient (Wildman–Crippen LogP) is 5.87. The molecule has 0 saturated heterocycles. The molecule has 0 fully saturated rings. The van der Waals surface area contributed by atoms with Crippen molar-refractivity contribution >= 4 is 10.4 Å². The molecule has 1 heterocycles. The van der Waals surface area contributed by atoms with Gasteiger partial charge in [0.2, 0.25) is 10.4 Å². The molecule has 0 bridgehead atoms. The van der Waals surface area contributed by atoms with Crippen molar-refractivity contribution < 1.29 is 21.7 Å². The van der Waals surface area contributed by atoms with E-state index in [0.29, 0.717) is 0 Å². The van der Waals surface area contributed by atoms with Gasteiger partial charge in [-0.1, -0.05) is 76.5 Å². The molecule has 1 aromatic carbocycles. The third-order valence-electron chi connectivity index (χ3n) is 5.36. The highest BCUT2D eigenvalue weighted by atomic mass is 32.3. The van der Waals surface area contributed by atoms with E-state index in [1.165, 1.54) is 82.5 Å². The highest BCUT2D eigenvalue weighted by Crippen LogP contribution is 2.16. The van der Waals surface area contributed by atoms with Gasteiger partial charge in [-0.25, -0.2) is 17.6 Å². The Kier molecular flexibility index (Phi) is 14.9. The summed E-state index contributed by atoms with van der Waals surface area (Å²) in [7, 11) is -4.42. The van der Waals surface area contributed by atoms with Crippen LogP contribution < -0.4 is 4.57 Å². The molecular weight excluding hydrogens is 424 g/mol. The Morgan fingerprint density at radius 1 is 0.875 bits per heavy atom. The lowest BCUT2D eigenvalue weighted by Gasteiger charge is -2.05. The Morgan fingerprint density at radius 2 is 1.44 bits per heavy atom. The summed E-state index contributed by atoms with van der Waals surface area (Å²) in [5.41, 5.74) is 1.32. The van der Waals surface area contributed by atoms with Gasteiger partial charge in [0.05, 0.1) is 25.3 Å². The molecule has 0 N–H and O–H groups in total. The zero-order valence-electron chi connectivity index (χ0n) is 20.2. The van der Waals surface area contributed by atoms with E-state index in [1.54, 1.807) is 0 Å². The van der Waals surface area contributed by atoms with Crippen molar-refractivity contribution in [1.82, 2.24) is 4.57 Å². The summed E-state index contributed by atoms with van der Waals surface area (Å²) < 4.78 is 36.8. The fraction of sp³-hybridized carbons (Fsp3) is 0.640. The smallest absolute Gasteiger partial charge is 0.288 e. The van der Waals surface area contributed by atoms with Crippen LogP contribution in [-0.2, 0) is 27.7 Å². The minimum Gasteiger partial charge on any atom is -0.726 e. The SMILES string of the molecule is CCCCCCCCCCCC[n+]1ccn(CC)c1-c1ccccc1.CCOS(=O)(=O)[O-]. The van der Waals surface area contributed by atoms with E-state index >= 15 is 0 Å². The van der Waals surface area contributed by atoms with Crippen LogP contribution >= 0.6 is 0 Å². The predicted molar refractivity (Wildman–Crippen MR) is 129 cm³/mol. The minimum atomic E-state index is -4.42. The number of benzene rings is 1. The second-order valence-corrected chi connectivity index (χ2v) is 9.02. The molecule has 6 nitrogen and oxygen atoms in total. The van der Waals surface area contributed by atoms with Crippen LogP contribution in [0.1, 0.15) is 85.0 Å². The van der Waals surface area contributed by atoms with Crippen molar-refractivity contribution in [2.45, 2.75) is 98.1 Å². The average molecular weight is 467 g/mol. The molecule has 2 rings (SSSR count). The fourth-order valence-electron chi connectivity index (χ4n) is 3.74. The fourth-order valence-corrected chi connectivity index (χ4v) is 4.02. The number of rotatable bonds is 15. The van der Waals surface area contributed by atoms with Gasteiger partial charge in [0, 0.05) is 0 Å². The van der Waals surface area contributed by atoms with E-state index in [2.05, 4.69) is 69.9 Å². The van der Waals surface area contributed by atoms with E-state index in [4.69, 9.17) is 0 Å². The molecule has 0 aliphatic carbocycles. The summed E-state index contributed by atoms with van der Waals surface area (Å²) in [4.78, 5) is 0. The monoisotopic (exact) mass is 466 g/mol. The first-order valence-corrected chi connectivity index (χ1v) is 13.5. The van der Waals surface area contributed by atoms with Crippen molar-refractivity contribution in [3.05, 3.63) is 42.7 Å². The van der Waals surface area contributed by atoms with Crippen LogP contribution in [0.25, 0.3) is 11.4 Å². The molecule has 182 valence electrons. The van der Waals surface area contributed by atoms with E-state index in [-0.39, 0.29) is 6.61 Å². The number of aromatic nitrogens is 2. The topological polar surface area (TPSA) is 75.2 Å². The molecule has 0 atom stereocenters. The lowest BCUT2D eigenvalue weighted by molar-refractivity contribution is -0.686. The molecule has 0 saturated carbocycles. The summed E-state index contributed by atoms with van der Waals surface area (Å²) in [6, 6.07) is 10.8. The Balaban J connectivity index is 0.000000633. The summed E-state index contributed by atoms with van der Waals surface area (Å²) >= 11 is 0. The van der Waals surface area contributed by atoms with Gasteiger partial charge in [0.25, 0.3) is 5.82 Å². The van der Waals surface area contributed by atoms with Crippen LogP contribution in [0.15, 0.2) is 42.7 Å². The lowest BCUT2D eigenvalue weighted by Crippen LogP contribution is -2.34. The zero-order valence-corrected chi connectivity index (χ0v) is 21.0. The van der Waals surface area contributed by atoms with Crippen molar-refractivity contribution in [3.63, 3.8) is 0 Å². The number of unbranched alkanes of at least 4 members (excludes halogenated alkanes) is 9. The third-order valence-corrected chi connectivity index (χ3v) is 5.88. The van der Waals surface area contributed by atoms with Gasteiger partial charge < -0.3 is 4.55 Å². The summed E-state index contributed by atoms with van der Waals surface area (Å²) in [6.45, 7) is 8.00. The second kappa shape index (κ2) is 16.9. The summed E-state index contributed by atoms with van der Waals surface area (Å²) in [5.74, 6) is 1.35. The molecule has 0 unspecified atom stereocenters. The Hall–Kier alpha value is -1.70. The van der Waals surface area contributed by atoms with Crippen LogP contribution in [0.4, 0.5) is 0 Å². The normalized spacial score (nSPS) is 11.2. The molecule has 1 aromatic heterocycles. The Bertz CT molecular complexity index is 820. The van der Waals surface area contributed by atoms with Crippen LogP contribution in [-0.4, -0.2) is 24.1 Å². The van der Waals surface area contributed by atoms with E-state index in [1.807, 2.05) is 0 Å². The first kappa shape index (κ1) is 28.3. The Labute approximate surface area is 195 Å². The number of aryl methyl sites for hydroxylation is 2. The first-order chi connectivity index (χ1) is 15.4. The van der Waals surface area contributed by atoms with Crippen molar-refractivity contribution in [3.8, 4) is 11.4 Å². The van der Waals surface area contributed by atoms with Crippen molar-refractivity contribution in [2.24, 2.45) is 0 Å². The molecule has 32 heavy (non-hydrogen) atoms. The van der Waals surface area contributed by atoms with Gasteiger partial charge in [0.15, 0.2) is 0 Å². The molecule has 7 heteroatoms. The number of nitrogens with zero attached hydrogens (tertiary/aromatic N) is 2. The highest BCUT2D eigenvalue weighted by molar-refractivity contribution is 7.80. The number of hydrogen-bond acceptors (Lipinski definition) is 4. The van der Waals surface area contributed by atoms with Crippen molar-refractivity contribution in [2.75, 3.05) is 6.61 Å². The lowest BCUT2D eigenvalue weighted by atomic mass is 10.1. The van der Waals surface area contributed by atoms with Crippen LogP contribution in [0, 0.1) is 0 Å². The number of imidazole rings is 1. The molecule has 0 spiro atoms. The quantitative estimate of drug-likeness (QED) is 0.142. The van der Waals surface area contributed by atoms with Gasteiger partial charge >= 0.3 is 0 Å². The van der Waals surface area contributed by atoms with E-state index in [9.17, 15) is 13.0 Å². The largest absolute Gasteiger partial charge is 0.726 e. The van der Waals surface area contributed by atoms with Gasteiger partial charge in [-0.15, -0.1) is 0 Å². The number of hydrogen-bond donors (Lipinski definition) is 0. The van der Waals surface area contributed by atoms with Gasteiger partial charge in [-0.05, 0) is 38.8 Å². The maximum Gasteiger partial charge on any atom is 0.288 e. The van der Waals surface area contributed by atoms with Crippen LogP contribution in [0.5, 0.6) is 0 Å². The Morgan fingerprint density at radius 3 is 1.91 bits per heavy atom.